The monoisotopic (exact) mass is 252 g/mol. The summed E-state index contributed by atoms with van der Waals surface area (Å²) in [5, 5.41) is 0. The molecule has 0 aliphatic rings. The molecule has 3 nitrogen and oxygen atoms in total. The molecule has 0 fully saturated rings. The lowest BCUT2D eigenvalue weighted by Gasteiger charge is -2.08. The summed E-state index contributed by atoms with van der Waals surface area (Å²) in [6.45, 7) is 2.02. The van der Waals surface area contributed by atoms with E-state index in [1.54, 1.807) is 12.1 Å². The molecule has 90 valence electrons. The van der Waals surface area contributed by atoms with Crippen LogP contribution in [-0.2, 0) is 6.42 Å². The normalized spacial score (nSPS) is 10.5. The van der Waals surface area contributed by atoms with E-state index in [-0.39, 0.29) is 5.75 Å². The van der Waals surface area contributed by atoms with Crippen LogP contribution < -0.4 is 4.74 Å². The first kappa shape index (κ1) is 11.9. The van der Waals surface area contributed by atoms with Crippen LogP contribution in [0.15, 0.2) is 24.4 Å². The Kier molecular flexibility index (Phi) is 3.28. The summed E-state index contributed by atoms with van der Waals surface area (Å²) in [4.78, 5) is 2.96. The van der Waals surface area contributed by atoms with Gasteiger partial charge in [-0.3, -0.25) is 4.57 Å². The largest absolute Gasteiger partial charge is 0.494 e. The third kappa shape index (κ3) is 2.10. The van der Waals surface area contributed by atoms with Gasteiger partial charge in [-0.1, -0.05) is 6.92 Å². The number of nitrogens with one attached hydrogen (secondary N) is 1. The van der Waals surface area contributed by atoms with Crippen molar-refractivity contribution < 1.29 is 9.13 Å². The second kappa shape index (κ2) is 4.71. The Hall–Kier alpha value is -1.62. The highest BCUT2D eigenvalue weighted by molar-refractivity contribution is 7.71. The molecule has 1 heterocycles. The molecule has 0 unspecified atom stereocenters. The molecule has 0 saturated heterocycles. The van der Waals surface area contributed by atoms with Gasteiger partial charge in [-0.2, -0.15) is 0 Å². The standard InChI is InChI=1S/C12H13FN2OS/c1-3-8-7-14-12(17)15(8)9-4-5-11(16-2)10(13)6-9/h4-7H,3H2,1-2H3,(H,14,17). The number of aromatic nitrogens is 2. The SMILES string of the molecule is CCc1c[nH]c(=S)n1-c1ccc(OC)c(F)c1. The molecule has 1 N–H and O–H groups in total. The third-order valence-corrected chi connectivity index (χ3v) is 2.91. The predicted molar refractivity (Wildman–Crippen MR) is 66.8 cm³/mol. The van der Waals surface area contributed by atoms with Crippen LogP contribution in [0, 0.1) is 10.6 Å². The zero-order valence-corrected chi connectivity index (χ0v) is 10.5. The fourth-order valence-corrected chi connectivity index (χ4v) is 2.02. The quantitative estimate of drug-likeness (QED) is 0.850. The minimum Gasteiger partial charge on any atom is -0.494 e. The molecule has 0 aliphatic heterocycles. The van der Waals surface area contributed by atoms with E-state index >= 15 is 0 Å². The van der Waals surface area contributed by atoms with Crippen molar-refractivity contribution in [3.8, 4) is 11.4 Å². The van der Waals surface area contributed by atoms with Crippen LogP contribution >= 0.6 is 12.2 Å². The van der Waals surface area contributed by atoms with Gasteiger partial charge in [-0.05, 0) is 30.8 Å². The first-order chi connectivity index (χ1) is 8.17. The average Bonchev–Trinajstić information content (AvgIpc) is 2.70. The summed E-state index contributed by atoms with van der Waals surface area (Å²) in [5.41, 5.74) is 1.71. The highest BCUT2D eigenvalue weighted by Crippen LogP contribution is 2.21. The molecule has 0 atom stereocenters. The van der Waals surface area contributed by atoms with Gasteiger partial charge >= 0.3 is 0 Å². The Bertz CT molecular complexity index is 588. The van der Waals surface area contributed by atoms with Gasteiger partial charge in [0.2, 0.25) is 0 Å². The maximum atomic E-state index is 13.6. The Morgan fingerprint density at radius 1 is 1.47 bits per heavy atom. The molecule has 0 amide bonds. The molecule has 2 rings (SSSR count). The molecule has 1 aromatic heterocycles. The smallest absolute Gasteiger partial charge is 0.182 e. The molecule has 2 aromatic rings. The lowest BCUT2D eigenvalue weighted by Crippen LogP contribution is -2.00. The average molecular weight is 252 g/mol. The van der Waals surface area contributed by atoms with E-state index in [9.17, 15) is 4.39 Å². The van der Waals surface area contributed by atoms with E-state index < -0.39 is 5.82 Å². The number of halogens is 1. The van der Waals surface area contributed by atoms with Crippen LogP contribution in [0.3, 0.4) is 0 Å². The number of imidazole rings is 1. The van der Waals surface area contributed by atoms with Crippen LogP contribution in [0.5, 0.6) is 5.75 Å². The molecule has 0 bridgehead atoms. The van der Waals surface area contributed by atoms with Crippen molar-refractivity contribution in [3.05, 3.63) is 40.7 Å². The van der Waals surface area contributed by atoms with Crippen molar-refractivity contribution >= 4 is 12.2 Å². The van der Waals surface area contributed by atoms with Gasteiger partial charge in [0.05, 0.1) is 12.8 Å². The molecular formula is C12H13FN2OS. The molecule has 0 aliphatic carbocycles. The number of hydrogen-bond acceptors (Lipinski definition) is 2. The number of methoxy groups -OCH3 is 1. The zero-order chi connectivity index (χ0) is 12.4. The summed E-state index contributed by atoms with van der Waals surface area (Å²) in [7, 11) is 1.44. The van der Waals surface area contributed by atoms with Gasteiger partial charge in [0.25, 0.3) is 0 Å². The Labute approximate surface area is 104 Å². The van der Waals surface area contributed by atoms with Crippen LogP contribution in [-0.4, -0.2) is 16.7 Å². The van der Waals surface area contributed by atoms with E-state index in [1.807, 2.05) is 17.7 Å². The van der Waals surface area contributed by atoms with Crippen LogP contribution in [0.4, 0.5) is 4.39 Å². The number of ether oxygens (including phenoxy) is 1. The Morgan fingerprint density at radius 3 is 2.82 bits per heavy atom. The highest BCUT2D eigenvalue weighted by Gasteiger charge is 2.08. The lowest BCUT2D eigenvalue weighted by molar-refractivity contribution is 0.386. The van der Waals surface area contributed by atoms with Crippen molar-refractivity contribution in [2.24, 2.45) is 0 Å². The fourth-order valence-electron chi connectivity index (χ4n) is 1.74. The van der Waals surface area contributed by atoms with Gasteiger partial charge in [-0.25, -0.2) is 4.39 Å². The van der Waals surface area contributed by atoms with Crippen LogP contribution in [0.2, 0.25) is 0 Å². The van der Waals surface area contributed by atoms with Crippen LogP contribution in [0.1, 0.15) is 12.6 Å². The third-order valence-electron chi connectivity index (χ3n) is 2.61. The first-order valence-corrected chi connectivity index (χ1v) is 5.71. The van der Waals surface area contributed by atoms with Crippen molar-refractivity contribution in [2.45, 2.75) is 13.3 Å². The van der Waals surface area contributed by atoms with Crippen LogP contribution in [0.25, 0.3) is 5.69 Å². The number of H-pyrrole nitrogens is 1. The number of nitrogens with zero attached hydrogens (tertiary/aromatic N) is 1. The van der Waals surface area contributed by atoms with Gasteiger partial charge in [-0.15, -0.1) is 0 Å². The zero-order valence-electron chi connectivity index (χ0n) is 9.66. The number of rotatable bonds is 3. The minimum atomic E-state index is -0.393. The van der Waals surface area contributed by atoms with Crippen molar-refractivity contribution in [2.75, 3.05) is 7.11 Å². The van der Waals surface area contributed by atoms with E-state index in [0.29, 0.717) is 10.5 Å². The second-order valence-electron chi connectivity index (χ2n) is 3.59. The lowest BCUT2D eigenvalue weighted by atomic mass is 10.2. The fraction of sp³-hybridized carbons (Fsp3) is 0.250. The molecule has 5 heteroatoms. The summed E-state index contributed by atoms with van der Waals surface area (Å²) in [5.74, 6) is -0.163. The minimum absolute atomic E-state index is 0.230. The first-order valence-electron chi connectivity index (χ1n) is 5.30. The van der Waals surface area contributed by atoms with Gasteiger partial charge in [0, 0.05) is 18.0 Å². The van der Waals surface area contributed by atoms with E-state index in [2.05, 4.69) is 4.98 Å². The highest BCUT2D eigenvalue weighted by atomic mass is 32.1. The Morgan fingerprint density at radius 2 is 2.24 bits per heavy atom. The molecule has 0 radical (unpaired) electrons. The molecule has 0 saturated carbocycles. The second-order valence-corrected chi connectivity index (χ2v) is 3.98. The predicted octanol–water partition coefficient (Wildman–Crippen LogP) is 3.24. The Balaban J connectivity index is 2.57. The molecule has 1 aromatic carbocycles. The van der Waals surface area contributed by atoms with Gasteiger partial charge in [0.1, 0.15) is 0 Å². The van der Waals surface area contributed by atoms with Gasteiger partial charge < -0.3 is 9.72 Å². The summed E-state index contributed by atoms with van der Waals surface area (Å²) >= 11 is 5.18. The summed E-state index contributed by atoms with van der Waals surface area (Å²) in [6.07, 6.45) is 2.66. The van der Waals surface area contributed by atoms with Crippen molar-refractivity contribution in [1.82, 2.24) is 9.55 Å². The van der Waals surface area contributed by atoms with Crippen molar-refractivity contribution in [1.29, 1.82) is 0 Å². The number of hydrogen-bond donors (Lipinski definition) is 1. The van der Waals surface area contributed by atoms with E-state index in [0.717, 1.165) is 12.1 Å². The summed E-state index contributed by atoms with van der Waals surface area (Å²) < 4.78 is 20.9. The maximum absolute atomic E-state index is 13.6. The molecular weight excluding hydrogens is 239 g/mol. The topological polar surface area (TPSA) is 29.9 Å². The van der Waals surface area contributed by atoms with Crippen molar-refractivity contribution in [3.63, 3.8) is 0 Å². The molecule has 17 heavy (non-hydrogen) atoms. The van der Waals surface area contributed by atoms with Gasteiger partial charge in [0.15, 0.2) is 16.3 Å². The number of aromatic amines is 1. The summed E-state index contributed by atoms with van der Waals surface area (Å²) in [6, 6.07) is 4.80. The number of benzene rings is 1. The maximum Gasteiger partial charge on any atom is 0.182 e. The number of aryl methyl sites for hydroxylation is 1. The van der Waals surface area contributed by atoms with E-state index in [1.165, 1.54) is 13.2 Å². The van der Waals surface area contributed by atoms with E-state index in [4.69, 9.17) is 17.0 Å². The molecule has 0 spiro atoms.